The first kappa shape index (κ1) is 10.6. The summed E-state index contributed by atoms with van der Waals surface area (Å²) in [6.45, 7) is 0. The number of aromatic amines is 1. The fraction of sp³-hybridized carbons (Fsp3) is 0.0769. The van der Waals surface area contributed by atoms with Gasteiger partial charge in [0.25, 0.3) is 0 Å². The minimum Gasteiger partial charge on any atom is -0.386 e. The second kappa shape index (κ2) is 3.74. The van der Waals surface area contributed by atoms with Crippen molar-refractivity contribution in [1.29, 1.82) is 0 Å². The van der Waals surface area contributed by atoms with E-state index in [1.165, 1.54) is 6.07 Å². The van der Waals surface area contributed by atoms with Crippen LogP contribution in [0, 0.1) is 5.82 Å². The predicted molar refractivity (Wildman–Crippen MR) is 73.0 cm³/mol. The van der Waals surface area contributed by atoms with Crippen LogP contribution in [-0.2, 0) is 0 Å². The van der Waals surface area contributed by atoms with Gasteiger partial charge in [-0.15, -0.1) is 0 Å². The number of benzene rings is 2. The number of hydrogen-bond acceptors (Lipinski definition) is 1. The zero-order valence-electron chi connectivity index (χ0n) is 9.14. The molecule has 3 aromatic rings. The normalized spacial score (nSPS) is 11.2. The van der Waals surface area contributed by atoms with Crippen LogP contribution in [0.1, 0.15) is 0 Å². The van der Waals surface area contributed by atoms with Gasteiger partial charge in [0.05, 0.1) is 11.2 Å². The van der Waals surface area contributed by atoms with E-state index < -0.39 is 0 Å². The van der Waals surface area contributed by atoms with Crippen LogP contribution in [0.4, 0.5) is 10.1 Å². The summed E-state index contributed by atoms with van der Waals surface area (Å²) in [5.41, 5.74) is 2.71. The summed E-state index contributed by atoms with van der Waals surface area (Å²) >= 11 is 3.43. The summed E-state index contributed by atoms with van der Waals surface area (Å²) in [5.74, 6) is -0.234. The van der Waals surface area contributed by atoms with Crippen LogP contribution in [-0.4, -0.2) is 12.0 Å². The zero-order valence-corrected chi connectivity index (χ0v) is 10.7. The van der Waals surface area contributed by atoms with E-state index in [1.807, 2.05) is 18.2 Å². The molecular weight excluding hydrogens is 283 g/mol. The Labute approximate surface area is 106 Å². The minimum atomic E-state index is -0.234. The van der Waals surface area contributed by atoms with Gasteiger partial charge in [-0.1, -0.05) is 15.9 Å². The molecule has 0 atom stereocenters. The number of hydrogen-bond donors (Lipinski definition) is 2. The molecule has 1 aromatic heterocycles. The van der Waals surface area contributed by atoms with Gasteiger partial charge in [-0.25, -0.2) is 4.39 Å². The lowest BCUT2D eigenvalue weighted by molar-refractivity contribution is 0.630. The van der Waals surface area contributed by atoms with Gasteiger partial charge in [-0.05, 0) is 30.3 Å². The molecule has 0 amide bonds. The van der Waals surface area contributed by atoms with Crippen LogP contribution >= 0.6 is 15.9 Å². The molecule has 0 saturated heterocycles. The maximum atomic E-state index is 13.5. The Bertz CT molecular complexity index is 718. The molecule has 0 bridgehead atoms. The van der Waals surface area contributed by atoms with Crippen molar-refractivity contribution in [3.8, 4) is 0 Å². The summed E-state index contributed by atoms with van der Waals surface area (Å²) in [7, 11) is 1.79. The Morgan fingerprint density at radius 3 is 2.76 bits per heavy atom. The highest BCUT2D eigenvalue weighted by Crippen LogP contribution is 2.32. The monoisotopic (exact) mass is 292 g/mol. The molecule has 0 spiro atoms. The van der Waals surface area contributed by atoms with Crippen LogP contribution in [0.2, 0.25) is 0 Å². The summed E-state index contributed by atoms with van der Waals surface area (Å²) in [6, 6.07) is 8.99. The van der Waals surface area contributed by atoms with E-state index in [4.69, 9.17) is 0 Å². The molecule has 86 valence electrons. The molecule has 17 heavy (non-hydrogen) atoms. The smallest absolute Gasteiger partial charge is 0.126 e. The fourth-order valence-electron chi connectivity index (χ4n) is 2.13. The van der Waals surface area contributed by atoms with Crippen molar-refractivity contribution in [2.75, 3.05) is 12.4 Å². The number of halogens is 2. The van der Waals surface area contributed by atoms with Gasteiger partial charge in [0.1, 0.15) is 5.82 Å². The summed E-state index contributed by atoms with van der Waals surface area (Å²) in [6.07, 6.45) is 0. The summed E-state index contributed by atoms with van der Waals surface area (Å²) in [4.78, 5) is 3.30. The Morgan fingerprint density at radius 2 is 2.00 bits per heavy atom. The van der Waals surface area contributed by atoms with Crippen molar-refractivity contribution in [3.63, 3.8) is 0 Å². The molecule has 1 heterocycles. The molecular formula is C13H10BrFN2. The molecule has 2 N–H and O–H groups in total. The molecule has 4 heteroatoms. The third-order valence-corrected chi connectivity index (χ3v) is 3.40. The SMILES string of the molecule is CNc1cc(F)cc2c1[nH]c1ccc(Br)cc12. The van der Waals surface area contributed by atoms with Crippen LogP contribution in [0.3, 0.4) is 0 Å². The highest BCUT2D eigenvalue weighted by molar-refractivity contribution is 9.10. The number of anilines is 1. The summed E-state index contributed by atoms with van der Waals surface area (Å²) in [5, 5.41) is 4.92. The molecule has 0 radical (unpaired) electrons. The van der Waals surface area contributed by atoms with E-state index in [0.29, 0.717) is 0 Å². The van der Waals surface area contributed by atoms with Crippen molar-refractivity contribution < 1.29 is 4.39 Å². The molecule has 2 aromatic carbocycles. The van der Waals surface area contributed by atoms with E-state index in [1.54, 1.807) is 13.1 Å². The standard InChI is InChI=1S/C13H10BrFN2/c1-16-12-6-8(15)5-10-9-4-7(14)2-3-11(9)17-13(10)12/h2-6,16-17H,1H3. The Balaban J connectivity index is 2.52. The number of nitrogens with one attached hydrogen (secondary N) is 2. The Hall–Kier alpha value is -1.55. The molecule has 0 saturated carbocycles. The Kier molecular flexibility index (Phi) is 2.33. The van der Waals surface area contributed by atoms with Crippen molar-refractivity contribution in [2.45, 2.75) is 0 Å². The van der Waals surface area contributed by atoms with Gasteiger partial charge in [-0.2, -0.15) is 0 Å². The molecule has 0 aliphatic rings. The van der Waals surface area contributed by atoms with E-state index in [-0.39, 0.29) is 5.82 Å². The summed E-state index contributed by atoms with van der Waals surface area (Å²) < 4.78 is 14.5. The number of fused-ring (bicyclic) bond motifs is 3. The third-order valence-electron chi connectivity index (χ3n) is 2.90. The average molecular weight is 293 g/mol. The lowest BCUT2D eigenvalue weighted by atomic mass is 10.1. The third kappa shape index (κ3) is 1.60. The van der Waals surface area contributed by atoms with Crippen LogP contribution in [0.25, 0.3) is 21.8 Å². The van der Waals surface area contributed by atoms with Crippen molar-refractivity contribution >= 4 is 43.4 Å². The maximum absolute atomic E-state index is 13.5. The van der Waals surface area contributed by atoms with Gasteiger partial charge < -0.3 is 10.3 Å². The second-order valence-electron chi connectivity index (χ2n) is 3.94. The predicted octanol–water partition coefficient (Wildman–Crippen LogP) is 4.26. The van der Waals surface area contributed by atoms with E-state index in [2.05, 4.69) is 26.2 Å². The van der Waals surface area contributed by atoms with E-state index in [9.17, 15) is 4.39 Å². The van der Waals surface area contributed by atoms with Gasteiger partial charge in [0, 0.05) is 27.8 Å². The number of rotatable bonds is 1. The molecule has 0 aliphatic carbocycles. The van der Waals surface area contributed by atoms with Gasteiger partial charge in [0.15, 0.2) is 0 Å². The van der Waals surface area contributed by atoms with Gasteiger partial charge in [-0.3, -0.25) is 0 Å². The van der Waals surface area contributed by atoms with E-state index >= 15 is 0 Å². The molecule has 0 unspecified atom stereocenters. The number of H-pyrrole nitrogens is 1. The lowest BCUT2D eigenvalue weighted by Gasteiger charge is -2.02. The lowest BCUT2D eigenvalue weighted by Crippen LogP contribution is -1.90. The topological polar surface area (TPSA) is 27.8 Å². The Morgan fingerprint density at radius 1 is 1.18 bits per heavy atom. The minimum absolute atomic E-state index is 0.234. The number of aromatic nitrogens is 1. The second-order valence-corrected chi connectivity index (χ2v) is 4.86. The molecule has 0 fully saturated rings. The first-order valence-corrected chi connectivity index (χ1v) is 6.06. The highest BCUT2D eigenvalue weighted by Gasteiger charge is 2.09. The fourth-order valence-corrected chi connectivity index (χ4v) is 2.50. The van der Waals surface area contributed by atoms with Crippen LogP contribution in [0.15, 0.2) is 34.8 Å². The average Bonchev–Trinajstić information content (AvgIpc) is 2.66. The van der Waals surface area contributed by atoms with Crippen molar-refractivity contribution in [2.24, 2.45) is 0 Å². The van der Waals surface area contributed by atoms with Crippen LogP contribution in [0.5, 0.6) is 0 Å². The van der Waals surface area contributed by atoms with Crippen LogP contribution < -0.4 is 5.32 Å². The zero-order chi connectivity index (χ0) is 12.0. The highest BCUT2D eigenvalue weighted by atomic mass is 79.9. The van der Waals surface area contributed by atoms with Crippen molar-refractivity contribution in [1.82, 2.24) is 4.98 Å². The molecule has 0 aliphatic heterocycles. The van der Waals surface area contributed by atoms with Gasteiger partial charge >= 0.3 is 0 Å². The quantitative estimate of drug-likeness (QED) is 0.689. The van der Waals surface area contributed by atoms with E-state index in [0.717, 1.165) is 32.0 Å². The first-order chi connectivity index (χ1) is 8.19. The molecule has 3 rings (SSSR count). The first-order valence-electron chi connectivity index (χ1n) is 5.27. The van der Waals surface area contributed by atoms with Crippen molar-refractivity contribution in [3.05, 3.63) is 40.6 Å². The van der Waals surface area contributed by atoms with Gasteiger partial charge in [0.2, 0.25) is 0 Å². The largest absolute Gasteiger partial charge is 0.386 e. The molecule has 2 nitrogen and oxygen atoms in total. The maximum Gasteiger partial charge on any atom is 0.126 e.